The lowest BCUT2D eigenvalue weighted by Crippen LogP contribution is -2.26. The zero-order valence-electron chi connectivity index (χ0n) is 11.0. The maximum atomic E-state index is 12.0. The van der Waals surface area contributed by atoms with Crippen molar-refractivity contribution < 1.29 is 13.5 Å². The van der Waals surface area contributed by atoms with Crippen LogP contribution >= 0.6 is 0 Å². The number of aromatic hydroxyl groups is 1. The van der Waals surface area contributed by atoms with E-state index in [2.05, 4.69) is 4.72 Å². The first-order valence-corrected chi connectivity index (χ1v) is 8.35. The van der Waals surface area contributed by atoms with E-state index in [9.17, 15) is 13.5 Å². The first kappa shape index (κ1) is 14.3. The highest BCUT2D eigenvalue weighted by molar-refractivity contribution is 7.89. The highest BCUT2D eigenvalue weighted by Gasteiger charge is 2.19. The van der Waals surface area contributed by atoms with Crippen molar-refractivity contribution in [1.29, 1.82) is 0 Å². The van der Waals surface area contributed by atoms with Gasteiger partial charge in [0.15, 0.2) is 0 Å². The van der Waals surface area contributed by atoms with Crippen LogP contribution in [0.4, 0.5) is 0 Å². The third kappa shape index (κ3) is 3.94. The zero-order valence-corrected chi connectivity index (χ0v) is 11.8. The highest BCUT2D eigenvalue weighted by Crippen LogP contribution is 2.26. The minimum atomic E-state index is -3.59. The summed E-state index contributed by atoms with van der Waals surface area (Å²) in [5.74, 6) is 0.438. The van der Waals surface area contributed by atoms with Gasteiger partial charge in [0, 0.05) is 6.54 Å². The topological polar surface area (TPSA) is 66.4 Å². The average molecular weight is 283 g/mol. The molecule has 5 heteroatoms. The van der Waals surface area contributed by atoms with E-state index in [0.29, 0.717) is 12.5 Å². The fraction of sp³-hybridized carbons (Fsp3) is 0.571. The van der Waals surface area contributed by atoms with Gasteiger partial charge < -0.3 is 5.11 Å². The van der Waals surface area contributed by atoms with Gasteiger partial charge in [-0.25, -0.2) is 13.1 Å². The lowest BCUT2D eigenvalue weighted by atomic mass is 9.87. The molecule has 0 aliphatic heterocycles. The van der Waals surface area contributed by atoms with Gasteiger partial charge in [-0.15, -0.1) is 0 Å². The van der Waals surface area contributed by atoms with Crippen LogP contribution in [0.25, 0.3) is 0 Å². The van der Waals surface area contributed by atoms with Crippen molar-refractivity contribution in [2.24, 2.45) is 5.92 Å². The van der Waals surface area contributed by atoms with Crippen molar-refractivity contribution in [3.05, 3.63) is 24.3 Å². The Morgan fingerprint density at radius 2 is 1.84 bits per heavy atom. The van der Waals surface area contributed by atoms with Crippen molar-refractivity contribution in [2.45, 2.75) is 43.4 Å². The first-order chi connectivity index (χ1) is 9.09. The van der Waals surface area contributed by atoms with Crippen LogP contribution in [0.2, 0.25) is 0 Å². The minimum Gasteiger partial charge on any atom is -0.507 e. The molecule has 4 nitrogen and oxygen atoms in total. The molecule has 0 amide bonds. The van der Waals surface area contributed by atoms with Crippen LogP contribution in [-0.4, -0.2) is 20.1 Å². The van der Waals surface area contributed by atoms with Gasteiger partial charge in [0.05, 0.1) is 0 Å². The average Bonchev–Trinajstić information content (AvgIpc) is 2.40. The molecule has 0 radical (unpaired) electrons. The number of para-hydroxylation sites is 1. The van der Waals surface area contributed by atoms with Gasteiger partial charge in [0.25, 0.3) is 0 Å². The number of hydrogen-bond acceptors (Lipinski definition) is 3. The molecule has 1 aliphatic carbocycles. The molecule has 0 unspecified atom stereocenters. The summed E-state index contributed by atoms with van der Waals surface area (Å²) >= 11 is 0. The fourth-order valence-electron chi connectivity index (χ4n) is 2.64. The minimum absolute atomic E-state index is 0.0429. The van der Waals surface area contributed by atoms with E-state index in [1.54, 1.807) is 12.1 Å². The lowest BCUT2D eigenvalue weighted by molar-refractivity contribution is 0.339. The first-order valence-electron chi connectivity index (χ1n) is 6.87. The van der Waals surface area contributed by atoms with Crippen LogP contribution in [0.1, 0.15) is 38.5 Å². The number of rotatable bonds is 5. The number of phenolic OH excluding ortho intramolecular Hbond substituents is 1. The fourth-order valence-corrected chi connectivity index (χ4v) is 3.78. The second-order valence-corrected chi connectivity index (χ2v) is 6.89. The Morgan fingerprint density at radius 1 is 1.16 bits per heavy atom. The van der Waals surface area contributed by atoms with Crippen molar-refractivity contribution in [2.75, 3.05) is 6.54 Å². The quantitative estimate of drug-likeness (QED) is 0.873. The maximum Gasteiger partial charge on any atom is 0.244 e. The van der Waals surface area contributed by atoms with E-state index in [1.807, 2.05) is 0 Å². The normalized spacial score (nSPS) is 17.5. The Kier molecular flexibility index (Phi) is 4.82. The van der Waals surface area contributed by atoms with Crippen molar-refractivity contribution >= 4 is 10.0 Å². The van der Waals surface area contributed by atoms with Gasteiger partial charge in [0.1, 0.15) is 10.6 Å². The van der Waals surface area contributed by atoms with Crippen LogP contribution in [-0.2, 0) is 10.0 Å². The van der Waals surface area contributed by atoms with E-state index in [1.165, 1.54) is 44.2 Å². The summed E-state index contributed by atoms with van der Waals surface area (Å²) in [6.45, 7) is 0.446. The van der Waals surface area contributed by atoms with Crippen LogP contribution in [0.3, 0.4) is 0 Å². The Hall–Kier alpha value is -1.07. The SMILES string of the molecule is O=S(=O)(NCCC1CCCCC1)c1ccccc1O. The third-order valence-electron chi connectivity index (χ3n) is 3.72. The largest absolute Gasteiger partial charge is 0.507 e. The summed E-state index contributed by atoms with van der Waals surface area (Å²) in [5.41, 5.74) is 0. The molecule has 0 bridgehead atoms. The predicted octanol–water partition coefficient (Wildman–Crippen LogP) is 2.64. The molecule has 106 valence electrons. The van der Waals surface area contributed by atoms with Gasteiger partial charge in [-0.3, -0.25) is 0 Å². The molecule has 1 saturated carbocycles. The molecule has 1 aromatic rings. The molecular formula is C14H21NO3S. The summed E-state index contributed by atoms with van der Waals surface area (Å²) in [7, 11) is -3.59. The standard InChI is InChI=1S/C14H21NO3S/c16-13-8-4-5-9-14(13)19(17,18)15-11-10-12-6-2-1-3-7-12/h4-5,8-9,12,15-16H,1-3,6-7,10-11H2. The van der Waals surface area contributed by atoms with E-state index in [-0.39, 0.29) is 10.6 Å². The molecule has 0 heterocycles. The maximum absolute atomic E-state index is 12.0. The van der Waals surface area contributed by atoms with Gasteiger partial charge in [0.2, 0.25) is 10.0 Å². The van der Waals surface area contributed by atoms with E-state index >= 15 is 0 Å². The van der Waals surface area contributed by atoms with E-state index < -0.39 is 10.0 Å². The number of phenols is 1. The highest BCUT2D eigenvalue weighted by atomic mass is 32.2. The molecule has 0 spiro atoms. The van der Waals surface area contributed by atoms with Gasteiger partial charge >= 0.3 is 0 Å². The molecular weight excluding hydrogens is 262 g/mol. The van der Waals surface area contributed by atoms with Gasteiger partial charge in [-0.1, -0.05) is 44.2 Å². The number of benzene rings is 1. The summed E-state index contributed by atoms with van der Waals surface area (Å²) in [4.78, 5) is -0.0429. The monoisotopic (exact) mass is 283 g/mol. The van der Waals surface area contributed by atoms with E-state index in [0.717, 1.165) is 6.42 Å². The molecule has 19 heavy (non-hydrogen) atoms. The summed E-state index contributed by atoms with van der Waals surface area (Å²) < 4.78 is 26.6. The number of nitrogens with one attached hydrogen (secondary N) is 1. The number of sulfonamides is 1. The number of hydrogen-bond donors (Lipinski definition) is 2. The molecule has 1 fully saturated rings. The van der Waals surface area contributed by atoms with Crippen LogP contribution in [0, 0.1) is 5.92 Å². The third-order valence-corrected chi connectivity index (χ3v) is 5.23. The Bertz CT molecular complexity index is 507. The van der Waals surface area contributed by atoms with Crippen LogP contribution in [0.15, 0.2) is 29.2 Å². The summed E-state index contributed by atoms with van der Waals surface area (Å²) in [6, 6.07) is 6.01. The van der Waals surface area contributed by atoms with Crippen LogP contribution in [0.5, 0.6) is 5.75 Å². The Balaban J connectivity index is 1.89. The Labute approximate surface area is 114 Å². The molecule has 1 aromatic carbocycles. The summed E-state index contributed by atoms with van der Waals surface area (Å²) in [5, 5.41) is 9.58. The molecule has 2 rings (SSSR count). The lowest BCUT2D eigenvalue weighted by Gasteiger charge is -2.21. The second kappa shape index (κ2) is 6.39. The van der Waals surface area contributed by atoms with Crippen LogP contribution < -0.4 is 4.72 Å². The molecule has 0 aromatic heterocycles. The zero-order chi connectivity index (χ0) is 13.7. The molecule has 1 aliphatic rings. The van der Waals surface area contributed by atoms with Crippen molar-refractivity contribution in [3.8, 4) is 5.75 Å². The van der Waals surface area contributed by atoms with Crippen molar-refractivity contribution in [1.82, 2.24) is 4.72 Å². The summed E-state index contributed by atoms with van der Waals surface area (Å²) in [6.07, 6.45) is 7.12. The van der Waals surface area contributed by atoms with E-state index in [4.69, 9.17) is 0 Å². The van der Waals surface area contributed by atoms with Crippen molar-refractivity contribution in [3.63, 3.8) is 0 Å². The van der Waals surface area contributed by atoms with Gasteiger partial charge in [-0.2, -0.15) is 0 Å². The molecule has 0 atom stereocenters. The second-order valence-electron chi connectivity index (χ2n) is 5.16. The molecule has 0 saturated heterocycles. The molecule has 2 N–H and O–H groups in total. The van der Waals surface area contributed by atoms with Gasteiger partial charge in [-0.05, 0) is 24.5 Å². The smallest absolute Gasteiger partial charge is 0.244 e. The Morgan fingerprint density at radius 3 is 2.53 bits per heavy atom. The predicted molar refractivity (Wildman–Crippen MR) is 74.5 cm³/mol.